The van der Waals surface area contributed by atoms with Crippen LogP contribution in [0.15, 0.2) is 48.5 Å². The molecule has 3 aliphatic heterocycles. The number of benzene rings is 2. The van der Waals surface area contributed by atoms with Gasteiger partial charge in [0.05, 0.1) is 0 Å². The monoisotopic (exact) mass is 452 g/mol. The van der Waals surface area contributed by atoms with E-state index in [0.29, 0.717) is 0 Å². The van der Waals surface area contributed by atoms with E-state index in [4.69, 9.17) is 13.6 Å². The standard InChI is InChI=1S/C18H15F6N2O3P/c1-2-27-30-16(18(22,23)24,12-8-4-6-10-14(12)29-30)25-15(26-30,17(19,20)21)11-7-3-5-9-13(11)28-30/h3-10,25-26H,2H2,1H3. The van der Waals surface area contributed by atoms with Crippen molar-refractivity contribution >= 4 is 7.43 Å². The Morgan fingerprint density at radius 3 is 1.93 bits per heavy atom. The molecular weight excluding hydrogens is 437 g/mol. The zero-order valence-corrected chi connectivity index (χ0v) is 16.2. The van der Waals surface area contributed by atoms with Gasteiger partial charge in [-0.2, -0.15) is 0 Å². The summed E-state index contributed by atoms with van der Waals surface area (Å²) in [5, 5.41) is 0.548. The van der Waals surface area contributed by atoms with E-state index >= 15 is 0 Å². The Morgan fingerprint density at radius 2 is 1.40 bits per heavy atom. The Hall–Kier alpha value is -2.07. The second-order valence-corrected chi connectivity index (χ2v) is 10.5. The maximum atomic E-state index is 14.9. The van der Waals surface area contributed by atoms with Gasteiger partial charge in [0.25, 0.3) is 0 Å². The molecule has 1 fully saturated rings. The molecule has 2 N–H and O–H groups in total. The Balaban J connectivity index is 1.95. The Kier molecular flexibility index (Phi) is 3.57. The topological polar surface area (TPSA) is 51.8 Å². The van der Waals surface area contributed by atoms with Crippen molar-refractivity contribution in [3.8, 4) is 11.5 Å². The van der Waals surface area contributed by atoms with Crippen molar-refractivity contribution in [1.82, 2.24) is 10.4 Å². The summed E-state index contributed by atoms with van der Waals surface area (Å²) in [6.45, 7) is 0.968. The molecule has 2 bridgehead atoms. The maximum absolute atomic E-state index is 14.9. The van der Waals surface area contributed by atoms with E-state index in [1.165, 1.54) is 43.3 Å². The number of rotatable bonds is 2. The van der Waals surface area contributed by atoms with E-state index in [0.717, 1.165) is 12.1 Å². The Morgan fingerprint density at radius 1 is 0.867 bits per heavy atom. The Labute approximate surface area is 166 Å². The zero-order chi connectivity index (χ0) is 21.7. The van der Waals surface area contributed by atoms with Crippen LogP contribution in [0.25, 0.3) is 0 Å². The van der Waals surface area contributed by atoms with Crippen LogP contribution in [0.3, 0.4) is 0 Å². The first-order chi connectivity index (χ1) is 13.9. The van der Waals surface area contributed by atoms with Crippen LogP contribution in [-0.2, 0) is 15.5 Å². The quantitative estimate of drug-likeness (QED) is 0.494. The summed E-state index contributed by atoms with van der Waals surface area (Å²) in [6.07, 6.45) is -10.5. The molecule has 0 amide bonds. The van der Waals surface area contributed by atoms with E-state index in [2.05, 4.69) is 5.09 Å². The molecule has 2 aromatic rings. The molecule has 162 valence electrons. The molecule has 3 heterocycles. The summed E-state index contributed by atoms with van der Waals surface area (Å²) in [5.74, 6) is -0.665. The molecule has 1 spiro atoms. The molecule has 5 rings (SSSR count). The number of nitrogens with one attached hydrogen (secondary N) is 2. The van der Waals surface area contributed by atoms with Crippen LogP contribution in [0.1, 0.15) is 18.1 Å². The third-order valence-electron chi connectivity index (χ3n) is 5.60. The van der Waals surface area contributed by atoms with Crippen molar-refractivity contribution in [2.75, 3.05) is 6.61 Å². The van der Waals surface area contributed by atoms with Crippen LogP contribution in [-0.4, -0.2) is 19.0 Å². The third-order valence-corrected chi connectivity index (χ3v) is 9.87. The van der Waals surface area contributed by atoms with E-state index in [9.17, 15) is 26.3 Å². The second-order valence-electron chi connectivity index (χ2n) is 7.17. The zero-order valence-electron chi connectivity index (χ0n) is 15.3. The Bertz CT molecular complexity index is 1060. The van der Waals surface area contributed by atoms with E-state index in [1.54, 1.807) is 0 Å². The summed E-state index contributed by atoms with van der Waals surface area (Å²) in [7, 11) is -5.85. The number of alkyl halides is 6. The summed E-state index contributed by atoms with van der Waals surface area (Å²) >= 11 is 0. The molecule has 1 saturated heterocycles. The van der Waals surface area contributed by atoms with Gasteiger partial charge < -0.3 is 0 Å². The van der Waals surface area contributed by atoms with Crippen LogP contribution in [0.4, 0.5) is 26.3 Å². The van der Waals surface area contributed by atoms with Crippen molar-refractivity contribution in [3.63, 3.8) is 0 Å². The normalized spacial score (nSPS) is 31.4. The van der Waals surface area contributed by atoms with Gasteiger partial charge in [0, 0.05) is 0 Å². The van der Waals surface area contributed by atoms with Gasteiger partial charge >= 0.3 is 166 Å². The van der Waals surface area contributed by atoms with Crippen molar-refractivity contribution in [3.05, 3.63) is 59.7 Å². The van der Waals surface area contributed by atoms with Gasteiger partial charge in [-0.3, -0.25) is 0 Å². The first-order valence-corrected chi connectivity index (χ1v) is 10.9. The molecule has 0 aliphatic carbocycles. The number of fused-ring (bicyclic) bond motifs is 5. The summed E-state index contributed by atoms with van der Waals surface area (Å²) < 4.78 is 105. The molecule has 0 radical (unpaired) electrons. The number of halogens is 6. The van der Waals surface area contributed by atoms with Crippen LogP contribution >= 0.6 is 7.43 Å². The van der Waals surface area contributed by atoms with E-state index in [-0.39, 0.29) is 5.75 Å². The molecule has 3 aliphatic rings. The first-order valence-electron chi connectivity index (χ1n) is 8.94. The number of para-hydroxylation sites is 2. The fourth-order valence-electron chi connectivity index (χ4n) is 4.58. The molecule has 2 atom stereocenters. The molecule has 12 heteroatoms. The molecule has 5 nitrogen and oxygen atoms in total. The van der Waals surface area contributed by atoms with Crippen molar-refractivity contribution in [1.29, 1.82) is 0 Å². The van der Waals surface area contributed by atoms with Crippen molar-refractivity contribution in [2.45, 2.75) is 30.2 Å². The van der Waals surface area contributed by atoms with Crippen molar-refractivity contribution in [2.24, 2.45) is 0 Å². The van der Waals surface area contributed by atoms with E-state index in [1.807, 2.05) is 5.32 Å². The van der Waals surface area contributed by atoms with Gasteiger partial charge in [-0.15, -0.1) is 0 Å². The average molecular weight is 452 g/mol. The van der Waals surface area contributed by atoms with Gasteiger partial charge in [0.2, 0.25) is 0 Å². The summed E-state index contributed by atoms with van der Waals surface area (Å²) in [6, 6.07) is 9.90. The van der Waals surface area contributed by atoms with Gasteiger partial charge in [0.15, 0.2) is 0 Å². The molecule has 2 unspecified atom stereocenters. The van der Waals surface area contributed by atoms with Crippen LogP contribution in [0.2, 0.25) is 0 Å². The third kappa shape index (κ3) is 1.91. The molecule has 2 aromatic carbocycles. The van der Waals surface area contributed by atoms with Gasteiger partial charge in [-0.25, -0.2) is 0 Å². The minimum atomic E-state index is -5.85. The first kappa shape index (κ1) is 19.9. The van der Waals surface area contributed by atoms with Gasteiger partial charge in [-0.05, 0) is 0 Å². The fraction of sp³-hybridized carbons (Fsp3) is 0.333. The predicted molar refractivity (Wildman–Crippen MR) is 94.4 cm³/mol. The van der Waals surface area contributed by atoms with E-state index < -0.39 is 54.2 Å². The molecule has 0 aromatic heterocycles. The SMILES string of the molecule is CCOP123NC(C(F)(F)F)(NC1(C(F)(F)F)c1ccccc1O2)c1ccccc1O3. The number of hydrogen-bond donors (Lipinski definition) is 2. The molecular formula is C18H15F6N2O3P. The van der Waals surface area contributed by atoms with Crippen LogP contribution < -0.4 is 19.5 Å². The van der Waals surface area contributed by atoms with Crippen LogP contribution in [0, 0.1) is 0 Å². The van der Waals surface area contributed by atoms with Gasteiger partial charge in [-0.1, -0.05) is 0 Å². The second kappa shape index (κ2) is 5.40. The fourth-order valence-corrected chi connectivity index (χ4v) is 9.29. The average Bonchev–Trinajstić information content (AvgIpc) is 3.01. The van der Waals surface area contributed by atoms with Crippen molar-refractivity contribution < 1.29 is 39.9 Å². The predicted octanol–water partition coefficient (Wildman–Crippen LogP) is 5.04. The summed E-state index contributed by atoms with van der Waals surface area (Å²) in [5.41, 5.74) is -4.38. The molecule has 30 heavy (non-hydrogen) atoms. The van der Waals surface area contributed by atoms with Crippen LogP contribution in [0.5, 0.6) is 11.5 Å². The van der Waals surface area contributed by atoms with Gasteiger partial charge in [0.1, 0.15) is 0 Å². The molecule has 0 saturated carbocycles. The number of hydrogen-bond acceptors (Lipinski definition) is 5. The minimum absolute atomic E-state index is 0.268. The summed E-state index contributed by atoms with van der Waals surface area (Å²) in [4.78, 5) is 0.